The number of anilines is 2. The number of hydrogen-bond donors (Lipinski definition) is 3. The summed E-state index contributed by atoms with van der Waals surface area (Å²) < 4.78 is 46.9. The minimum atomic E-state index is -3.88. The van der Waals surface area contributed by atoms with E-state index in [1.165, 1.54) is 35.1 Å². The van der Waals surface area contributed by atoms with Crippen molar-refractivity contribution in [3.8, 4) is 23.0 Å². The second-order valence-corrected chi connectivity index (χ2v) is 22.7. The zero-order valence-electron chi connectivity index (χ0n) is 48.7. The molecule has 4 heterocycles. The molecule has 4 aliphatic rings. The van der Waals surface area contributed by atoms with Gasteiger partial charge in [0.2, 0.25) is 0 Å². The van der Waals surface area contributed by atoms with E-state index in [2.05, 4.69) is 86.7 Å². The Morgan fingerprint density at radius 3 is 1.24 bits per heavy atom. The van der Waals surface area contributed by atoms with Crippen molar-refractivity contribution in [3.05, 3.63) is 178 Å². The Kier molecular flexibility index (Phi) is 19.7. The van der Waals surface area contributed by atoms with Crippen molar-refractivity contribution in [2.24, 2.45) is 10.9 Å². The van der Waals surface area contributed by atoms with Crippen molar-refractivity contribution in [1.82, 2.24) is 24.3 Å². The van der Waals surface area contributed by atoms with Crippen LogP contribution >= 0.6 is 0 Å². The molecule has 10 rings (SSSR count). The molecule has 20 heteroatoms. The van der Waals surface area contributed by atoms with Gasteiger partial charge in [-0.15, -0.1) is 0 Å². The molecule has 0 spiro atoms. The van der Waals surface area contributed by atoms with Crippen LogP contribution in [0.1, 0.15) is 127 Å². The number of hydrogen-bond acceptors (Lipinski definition) is 15. The fourth-order valence-corrected chi connectivity index (χ4v) is 12.5. The number of piperazine rings is 2. The number of imide groups is 2. The van der Waals surface area contributed by atoms with Gasteiger partial charge in [0.15, 0.2) is 23.0 Å². The topological polar surface area (TPSA) is 223 Å². The first-order valence-corrected chi connectivity index (χ1v) is 30.2. The minimum absolute atomic E-state index is 0.0583. The Bertz CT molecular complexity index is 3410. The molecule has 4 atom stereocenters. The molecule has 2 fully saturated rings. The van der Waals surface area contributed by atoms with Gasteiger partial charge < -0.3 is 34.5 Å². The Labute approximate surface area is 493 Å². The second kappa shape index (κ2) is 27.2. The van der Waals surface area contributed by atoms with Crippen LogP contribution in [0.2, 0.25) is 0 Å². The summed E-state index contributed by atoms with van der Waals surface area (Å²) in [5.41, 5.74) is 13.2. The van der Waals surface area contributed by atoms with Crippen LogP contribution in [0.5, 0.6) is 23.0 Å². The van der Waals surface area contributed by atoms with E-state index in [4.69, 9.17) is 29.8 Å². The van der Waals surface area contributed by atoms with Crippen LogP contribution in [-0.4, -0.2) is 146 Å². The monoisotopic (exact) mass is 1160 g/mol. The smallest absolute Gasteiger partial charge is 0.274 e. The van der Waals surface area contributed by atoms with Crippen LogP contribution in [0.3, 0.4) is 0 Å². The maximum absolute atomic E-state index is 14.2. The molecule has 0 aromatic heterocycles. The molecule has 4 aliphatic heterocycles. The first-order chi connectivity index (χ1) is 40.6. The number of carbonyl (C=O) groups excluding carboxylic acids is 4. The van der Waals surface area contributed by atoms with E-state index in [0.29, 0.717) is 102 Å². The maximum atomic E-state index is 14.2. The van der Waals surface area contributed by atoms with E-state index in [-0.39, 0.29) is 36.2 Å². The third kappa shape index (κ3) is 13.1. The fourth-order valence-electron chi connectivity index (χ4n) is 12.1. The van der Waals surface area contributed by atoms with Gasteiger partial charge >= 0.3 is 0 Å². The SMILES string of the molecule is COc1ccc([C@@H](CCCN)N2C(=O)c3cccc(N4CCN([C@H](C)c5ccccc5)CC4)c3C2=O)cc1OC.COc1ccc([C@@H](CCCNS(N)(=O)=O)N2C(=O)c3cccc(N4CCN([C@H](C)c5ccccc5)CC4)c3C2=O)cc1OC. The molecule has 0 saturated carbocycles. The van der Waals surface area contributed by atoms with Gasteiger partial charge in [0, 0.05) is 71.0 Å². The van der Waals surface area contributed by atoms with Gasteiger partial charge in [0.25, 0.3) is 33.8 Å². The van der Waals surface area contributed by atoms with E-state index in [1.54, 1.807) is 44.6 Å². The highest BCUT2D eigenvalue weighted by Crippen LogP contribution is 2.43. The van der Waals surface area contributed by atoms with Gasteiger partial charge in [-0.1, -0.05) is 84.9 Å². The second-order valence-electron chi connectivity index (χ2n) is 21.4. The normalized spacial score (nSPS) is 17.0. The van der Waals surface area contributed by atoms with Gasteiger partial charge in [0.05, 0.1) is 74.2 Å². The number of amides is 4. The largest absolute Gasteiger partial charge is 0.493 e. The molecular formula is C64H77N9O10S. The van der Waals surface area contributed by atoms with E-state index >= 15 is 0 Å². The molecule has 6 aromatic rings. The summed E-state index contributed by atoms with van der Waals surface area (Å²) in [5, 5.41) is 5.10. The number of rotatable bonds is 22. The third-order valence-electron chi connectivity index (χ3n) is 16.7. The molecule has 0 radical (unpaired) electrons. The zero-order valence-corrected chi connectivity index (χ0v) is 49.6. The molecule has 4 amide bonds. The van der Waals surface area contributed by atoms with Crippen molar-refractivity contribution < 1.29 is 46.5 Å². The van der Waals surface area contributed by atoms with Crippen LogP contribution < -0.4 is 44.3 Å². The van der Waals surface area contributed by atoms with Crippen molar-refractivity contribution in [2.75, 3.05) is 104 Å². The molecule has 2 saturated heterocycles. The van der Waals surface area contributed by atoms with Crippen LogP contribution in [-0.2, 0) is 10.2 Å². The fraction of sp³-hybridized carbons (Fsp3) is 0.375. The number of ether oxygens (including phenoxy) is 4. The number of nitrogens with two attached hydrogens (primary N) is 2. The molecule has 5 N–H and O–H groups in total. The van der Waals surface area contributed by atoms with Crippen LogP contribution in [0.25, 0.3) is 0 Å². The Morgan fingerprint density at radius 2 is 0.869 bits per heavy atom. The number of benzene rings is 6. The average molecular weight is 1160 g/mol. The minimum Gasteiger partial charge on any atom is -0.493 e. The van der Waals surface area contributed by atoms with Crippen molar-refractivity contribution >= 4 is 45.2 Å². The zero-order chi connectivity index (χ0) is 59.7. The van der Waals surface area contributed by atoms with Gasteiger partial charge in [-0.3, -0.25) is 38.8 Å². The third-order valence-corrected chi connectivity index (χ3v) is 17.3. The highest BCUT2D eigenvalue weighted by molar-refractivity contribution is 7.87. The number of nitrogens with one attached hydrogen (secondary N) is 1. The molecular weight excluding hydrogens is 1090 g/mol. The van der Waals surface area contributed by atoms with E-state index in [9.17, 15) is 27.6 Å². The molecule has 444 valence electrons. The quantitative estimate of drug-likeness (QED) is 0.0431. The van der Waals surface area contributed by atoms with Gasteiger partial charge in [-0.25, -0.2) is 9.86 Å². The first-order valence-electron chi connectivity index (χ1n) is 28.6. The molecule has 84 heavy (non-hydrogen) atoms. The number of fused-ring (bicyclic) bond motifs is 2. The van der Waals surface area contributed by atoms with Crippen LogP contribution in [0, 0.1) is 0 Å². The lowest BCUT2D eigenvalue weighted by Gasteiger charge is -2.39. The van der Waals surface area contributed by atoms with E-state index in [1.807, 2.05) is 54.6 Å². The molecule has 19 nitrogen and oxygen atoms in total. The van der Waals surface area contributed by atoms with Crippen LogP contribution in [0.4, 0.5) is 11.4 Å². The summed E-state index contributed by atoms with van der Waals surface area (Å²) in [6, 6.07) is 42.2. The number of methoxy groups -OCH3 is 4. The molecule has 0 bridgehead atoms. The standard InChI is InChI=1S/C32H39N5O6S.C32H38N4O4/c1-22(23-9-5-4-6-10-23)35-17-19-36(20-18-35)27-12-7-11-25-30(27)32(39)37(31(25)38)26(13-8-16-34-44(33,40)41)24-14-15-28(42-2)29(21-24)43-3;1-22(23-9-5-4-6-10-23)34-17-19-35(20-18-34)27-12-7-11-25-30(27)32(38)36(31(25)37)26(13-8-16-33)24-14-15-28(39-2)29(21-24)40-3/h4-7,9-12,14-15,21-22,26,34H,8,13,16-20H2,1-3H3,(H2,33,40,41);4-7,9-12,14-15,21-22,26H,8,13,16-20,33H2,1-3H3/t2*22-,26-/m11/s1. The molecule has 6 aromatic carbocycles. The summed E-state index contributed by atoms with van der Waals surface area (Å²) in [6.45, 7) is 11.3. The van der Waals surface area contributed by atoms with Gasteiger partial charge in [-0.2, -0.15) is 8.42 Å². The molecule has 0 aliphatic carbocycles. The average Bonchev–Trinajstić information content (AvgIpc) is 3.23. The van der Waals surface area contributed by atoms with Crippen molar-refractivity contribution in [2.45, 2.75) is 63.7 Å². The summed E-state index contributed by atoms with van der Waals surface area (Å²) >= 11 is 0. The lowest BCUT2D eigenvalue weighted by molar-refractivity contribution is 0.0557. The summed E-state index contributed by atoms with van der Waals surface area (Å²) in [5.74, 6) is 0.824. The highest BCUT2D eigenvalue weighted by atomic mass is 32.2. The van der Waals surface area contributed by atoms with Crippen molar-refractivity contribution in [3.63, 3.8) is 0 Å². The Morgan fingerprint density at radius 1 is 0.476 bits per heavy atom. The summed E-state index contributed by atoms with van der Waals surface area (Å²) in [4.78, 5) is 68.0. The van der Waals surface area contributed by atoms with E-state index < -0.39 is 22.3 Å². The summed E-state index contributed by atoms with van der Waals surface area (Å²) in [6.07, 6.45) is 1.86. The van der Waals surface area contributed by atoms with Crippen LogP contribution in [0.15, 0.2) is 133 Å². The summed E-state index contributed by atoms with van der Waals surface area (Å²) in [7, 11) is 2.32. The number of carbonyl (C=O) groups is 4. The lowest BCUT2D eigenvalue weighted by atomic mass is 9.99. The predicted octanol–water partition coefficient (Wildman–Crippen LogP) is 8.16. The molecule has 0 unspecified atom stereocenters. The van der Waals surface area contributed by atoms with Gasteiger partial charge in [-0.05, 0) is 117 Å². The first kappa shape index (κ1) is 60.7. The Hall–Kier alpha value is -7.85. The maximum Gasteiger partial charge on any atom is 0.274 e. The van der Waals surface area contributed by atoms with Gasteiger partial charge in [0.1, 0.15) is 0 Å². The predicted molar refractivity (Wildman–Crippen MR) is 324 cm³/mol. The van der Waals surface area contributed by atoms with E-state index in [0.717, 1.165) is 56.2 Å². The highest BCUT2D eigenvalue weighted by Gasteiger charge is 2.45. The Balaban J connectivity index is 0.000000202. The number of nitrogens with zero attached hydrogens (tertiary/aromatic N) is 6. The van der Waals surface area contributed by atoms with Crippen molar-refractivity contribution in [1.29, 1.82) is 0 Å². The lowest BCUT2D eigenvalue weighted by Crippen LogP contribution is -2.47.